The van der Waals surface area contributed by atoms with Gasteiger partial charge in [-0.2, -0.15) is 0 Å². The second kappa shape index (κ2) is 7.17. The summed E-state index contributed by atoms with van der Waals surface area (Å²) >= 11 is 5.87. The average molecular weight is 292 g/mol. The molecule has 0 aromatic heterocycles. The zero-order valence-corrected chi connectivity index (χ0v) is 12.2. The molecule has 2 rings (SSSR count). The summed E-state index contributed by atoms with van der Waals surface area (Å²) in [5.74, 6) is 1.49. The molecule has 4 heteroatoms. The van der Waals surface area contributed by atoms with Crippen LogP contribution in [0.25, 0.3) is 0 Å². The van der Waals surface area contributed by atoms with Crippen molar-refractivity contribution in [3.05, 3.63) is 58.6 Å². The molecule has 106 valence electrons. The Morgan fingerprint density at radius 2 is 1.85 bits per heavy atom. The van der Waals surface area contributed by atoms with E-state index in [9.17, 15) is 0 Å². The van der Waals surface area contributed by atoms with Crippen LogP contribution in [-0.2, 0) is 13.0 Å². The van der Waals surface area contributed by atoms with Crippen LogP contribution in [0.15, 0.2) is 42.5 Å². The summed E-state index contributed by atoms with van der Waals surface area (Å²) in [4.78, 5) is 0. The van der Waals surface area contributed by atoms with Gasteiger partial charge in [-0.3, -0.25) is 0 Å². The maximum absolute atomic E-state index is 5.91. The van der Waals surface area contributed by atoms with E-state index in [0.717, 1.165) is 34.1 Å². The highest BCUT2D eigenvalue weighted by Crippen LogP contribution is 2.32. The second-order valence-corrected chi connectivity index (χ2v) is 4.84. The quantitative estimate of drug-likeness (QED) is 0.887. The number of para-hydroxylation sites is 1. The summed E-state index contributed by atoms with van der Waals surface area (Å²) in [6.45, 7) is 1.04. The predicted octanol–water partition coefficient (Wildman–Crippen LogP) is 3.43. The Labute approximate surface area is 124 Å². The van der Waals surface area contributed by atoms with E-state index in [0.29, 0.717) is 13.2 Å². The van der Waals surface area contributed by atoms with Crippen molar-refractivity contribution < 1.29 is 9.47 Å². The van der Waals surface area contributed by atoms with E-state index in [1.807, 2.05) is 42.5 Å². The van der Waals surface area contributed by atoms with Crippen molar-refractivity contribution in [1.29, 1.82) is 0 Å². The van der Waals surface area contributed by atoms with Crippen LogP contribution < -0.4 is 15.2 Å². The van der Waals surface area contributed by atoms with Crippen LogP contribution in [0.2, 0.25) is 5.02 Å². The Morgan fingerprint density at radius 3 is 2.50 bits per heavy atom. The zero-order valence-electron chi connectivity index (χ0n) is 11.4. The van der Waals surface area contributed by atoms with E-state index in [4.69, 9.17) is 26.8 Å². The third kappa shape index (κ3) is 3.65. The van der Waals surface area contributed by atoms with E-state index in [2.05, 4.69) is 0 Å². The zero-order chi connectivity index (χ0) is 14.4. The molecule has 2 aromatic carbocycles. The molecule has 3 nitrogen and oxygen atoms in total. The molecule has 0 unspecified atom stereocenters. The molecule has 0 atom stereocenters. The first-order valence-corrected chi connectivity index (χ1v) is 6.85. The fourth-order valence-corrected chi connectivity index (χ4v) is 2.10. The molecule has 2 aromatic rings. The van der Waals surface area contributed by atoms with Crippen molar-refractivity contribution in [3.8, 4) is 11.5 Å². The van der Waals surface area contributed by atoms with Gasteiger partial charge in [0.05, 0.1) is 7.11 Å². The van der Waals surface area contributed by atoms with Crippen molar-refractivity contribution in [1.82, 2.24) is 0 Å². The lowest BCUT2D eigenvalue weighted by Crippen LogP contribution is -2.06. The van der Waals surface area contributed by atoms with Gasteiger partial charge in [-0.1, -0.05) is 35.9 Å². The lowest BCUT2D eigenvalue weighted by molar-refractivity contribution is 0.281. The van der Waals surface area contributed by atoms with Crippen molar-refractivity contribution >= 4 is 11.6 Å². The van der Waals surface area contributed by atoms with E-state index in [-0.39, 0.29) is 0 Å². The van der Waals surface area contributed by atoms with Crippen LogP contribution in [-0.4, -0.2) is 13.7 Å². The molecule has 0 aliphatic heterocycles. The molecule has 0 radical (unpaired) electrons. The van der Waals surface area contributed by atoms with E-state index >= 15 is 0 Å². The van der Waals surface area contributed by atoms with Crippen LogP contribution in [0.5, 0.6) is 11.5 Å². The van der Waals surface area contributed by atoms with Gasteiger partial charge in [-0.05, 0) is 42.3 Å². The minimum atomic E-state index is 0.467. The van der Waals surface area contributed by atoms with Crippen LogP contribution >= 0.6 is 11.6 Å². The van der Waals surface area contributed by atoms with Gasteiger partial charge in [-0.25, -0.2) is 0 Å². The average Bonchev–Trinajstić information content (AvgIpc) is 2.47. The molecule has 0 fully saturated rings. The molecule has 0 bridgehead atoms. The molecular weight excluding hydrogens is 274 g/mol. The highest BCUT2D eigenvalue weighted by Gasteiger charge is 2.10. The van der Waals surface area contributed by atoms with Gasteiger partial charge in [0.1, 0.15) is 6.61 Å². The number of methoxy groups -OCH3 is 1. The Morgan fingerprint density at radius 1 is 1.10 bits per heavy atom. The number of nitrogens with two attached hydrogens (primary N) is 1. The number of hydrogen-bond acceptors (Lipinski definition) is 3. The van der Waals surface area contributed by atoms with Crippen molar-refractivity contribution in [3.63, 3.8) is 0 Å². The molecule has 0 amide bonds. The molecule has 0 saturated heterocycles. The fraction of sp³-hybridized carbons (Fsp3) is 0.250. The standard InChI is InChI=1S/C16H18ClNO2/c1-19-15-4-2-3-13(9-10-18)16(15)20-11-12-5-7-14(17)8-6-12/h2-8H,9-11,18H2,1H3. The highest BCUT2D eigenvalue weighted by atomic mass is 35.5. The number of benzene rings is 2. The van der Waals surface area contributed by atoms with Gasteiger partial charge in [0.2, 0.25) is 0 Å². The molecule has 0 aliphatic carbocycles. The first-order chi connectivity index (χ1) is 9.74. The number of halogens is 1. The van der Waals surface area contributed by atoms with Crippen LogP contribution in [0.4, 0.5) is 0 Å². The Hall–Kier alpha value is -1.71. The van der Waals surface area contributed by atoms with Gasteiger partial charge in [0.25, 0.3) is 0 Å². The first kappa shape index (κ1) is 14.7. The molecule has 0 aliphatic rings. The van der Waals surface area contributed by atoms with E-state index in [1.165, 1.54) is 0 Å². The van der Waals surface area contributed by atoms with Crippen LogP contribution in [0, 0.1) is 0 Å². The lowest BCUT2D eigenvalue weighted by atomic mass is 10.1. The second-order valence-electron chi connectivity index (χ2n) is 4.40. The fourth-order valence-electron chi connectivity index (χ4n) is 1.97. The number of rotatable bonds is 6. The van der Waals surface area contributed by atoms with E-state index < -0.39 is 0 Å². The minimum absolute atomic E-state index is 0.467. The van der Waals surface area contributed by atoms with Crippen molar-refractivity contribution in [2.75, 3.05) is 13.7 Å². The van der Waals surface area contributed by atoms with Crippen LogP contribution in [0.1, 0.15) is 11.1 Å². The third-order valence-electron chi connectivity index (χ3n) is 2.99. The van der Waals surface area contributed by atoms with Gasteiger partial charge >= 0.3 is 0 Å². The summed E-state index contributed by atoms with van der Waals surface area (Å²) in [6, 6.07) is 13.4. The lowest BCUT2D eigenvalue weighted by Gasteiger charge is -2.14. The Balaban J connectivity index is 2.16. The van der Waals surface area contributed by atoms with Crippen molar-refractivity contribution in [2.24, 2.45) is 5.73 Å². The first-order valence-electron chi connectivity index (χ1n) is 6.47. The molecule has 0 heterocycles. The van der Waals surface area contributed by atoms with Crippen molar-refractivity contribution in [2.45, 2.75) is 13.0 Å². The Kier molecular flexibility index (Phi) is 5.27. The molecule has 0 spiro atoms. The van der Waals surface area contributed by atoms with Gasteiger partial charge in [-0.15, -0.1) is 0 Å². The third-order valence-corrected chi connectivity index (χ3v) is 3.24. The largest absolute Gasteiger partial charge is 0.493 e. The molecule has 0 saturated carbocycles. The topological polar surface area (TPSA) is 44.5 Å². The smallest absolute Gasteiger partial charge is 0.164 e. The summed E-state index contributed by atoms with van der Waals surface area (Å²) in [5, 5.41) is 0.717. The highest BCUT2D eigenvalue weighted by molar-refractivity contribution is 6.30. The Bertz CT molecular complexity index is 555. The number of ether oxygens (including phenoxy) is 2. The molecular formula is C16H18ClNO2. The molecule has 2 N–H and O–H groups in total. The van der Waals surface area contributed by atoms with Gasteiger partial charge in [0.15, 0.2) is 11.5 Å². The van der Waals surface area contributed by atoms with E-state index in [1.54, 1.807) is 7.11 Å². The number of hydrogen-bond donors (Lipinski definition) is 1. The SMILES string of the molecule is COc1cccc(CCN)c1OCc1ccc(Cl)cc1. The predicted molar refractivity (Wildman–Crippen MR) is 81.5 cm³/mol. The normalized spacial score (nSPS) is 10.3. The van der Waals surface area contributed by atoms with Crippen LogP contribution in [0.3, 0.4) is 0 Å². The monoisotopic (exact) mass is 291 g/mol. The summed E-state index contributed by atoms with van der Waals surface area (Å²) in [6.07, 6.45) is 0.757. The maximum atomic E-state index is 5.91. The summed E-state index contributed by atoms with van der Waals surface area (Å²) < 4.78 is 11.3. The summed E-state index contributed by atoms with van der Waals surface area (Å²) in [7, 11) is 1.64. The molecule has 20 heavy (non-hydrogen) atoms. The van der Waals surface area contributed by atoms with Gasteiger partial charge < -0.3 is 15.2 Å². The minimum Gasteiger partial charge on any atom is -0.493 e. The van der Waals surface area contributed by atoms with Gasteiger partial charge in [0, 0.05) is 5.02 Å². The summed E-state index contributed by atoms with van der Waals surface area (Å²) in [5.41, 5.74) is 7.74. The maximum Gasteiger partial charge on any atom is 0.164 e.